The minimum atomic E-state index is -4.39. The molecular formula is C23H23F3N6O2. The maximum atomic E-state index is 12.8. The number of benzene rings is 1. The van der Waals surface area contributed by atoms with Crippen molar-refractivity contribution in [1.29, 1.82) is 0 Å². The van der Waals surface area contributed by atoms with Crippen LogP contribution in [-0.2, 0) is 19.3 Å². The van der Waals surface area contributed by atoms with E-state index in [1.165, 1.54) is 6.07 Å². The zero-order chi connectivity index (χ0) is 23.7. The van der Waals surface area contributed by atoms with Crippen LogP contribution in [0.3, 0.4) is 0 Å². The van der Waals surface area contributed by atoms with Gasteiger partial charge in [0.15, 0.2) is 0 Å². The van der Waals surface area contributed by atoms with Crippen molar-refractivity contribution in [2.24, 2.45) is 0 Å². The van der Waals surface area contributed by atoms with Gasteiger partial charge in [-0.3, -0.25) is 10.00 Å². The minimum absolute atomic E-state index is 0.404. The van der Waals surface area contributed by atoms with Crippen LogP contribution in [0.5, 0.6) is 5.75 Å². The average molecular weight is 472 g/mol. The van der Waals surface area contributed by atoms with Crippen molar-refractivity contribution in [2.45, 2.75) is 25.7 Å². The molecule has 2 aromatic heterocycles. The van der Waals surface area contributed by atoms with E-state index < -0.39 is 17.8 Å². The smallest absolute Gasteiger partial charge is 0.410 e. The van der Waals surface area contributed by atoms with Crippen LogP contribution < -0.4 is 15.0 Å². The summed E-state index contributed by atoms with van der Waals surface area (Å²) in [5.74, 6) is 1.11. The third-order valence-corrected chi connectivity index (χ3v) is 6.06. The number of anilines is 1. The van der Waals surface area contributed by atoms with Gasteiger partial charge in [-0.1, -0.05) is 0 Å². The number of carbonyl (C=O) groups excluding carboxylic acids is 1. The average Bonchev–Trinajstić information content (AvgIpc) is 3.15. The number of aromatic amines is 1. The van der Waals surface area contributed by atoms with Gasteiger partial charge in [0.1, 0.15) is 11.6 Å². The molecular weight excluding hydrogens is 449 g/mol. The fraction of sp³-hybridized carbons (Fsp3) is 0.348. The van der Waals surface area contributed by atoms with Crippen molar-refractivity contribution < 1.29 is 22.7 Å². The van der Waals surface area contributed by atoms with Crippen molar-refractivity contribution in [3.8, 4) is 17.0 Å². The van der Waals surface area contributed by atoms with Gasteiger partial charge in [-0.15, -0.1) is 0 Å². The first-order chi connectivity index (χ1) is 16.4. The summed E-state index contributed by atoms with van der Waals surface area (Å²) < 4.78 is 43.7. The number of H-pyrrole nitrogens is 1. The van der Waals surface area contributed by atoms with Crippen molar-refractivity contribution in [1.82, 2.24) is 25.4 Å². The first kappa shape index (κ1) is 22.2. The number of fused-ring (bicyclic) bond motifs is 1. The third kappa shape index (κ3) is 4.69. The van der Waals surface area contributed by atoms with Gasteiger partial charge in [-0.25, -0.2) is 9.78 Å². The summed E-state index contributed by atoms with van der Waals surface area (Å²) >= 11 is 0. The Morgan fingerprint density at radius 3 is 2.76 bits per heavy atom. The maximum Gasteiger partial charge on any atom is 0.417 e. The van der Waals surface area contributed by atoms with Gasteiger partial charge in [0, 0.05) is 68.4 Å². The Balaban J connectivity index is 1.25. The second kappa shape index (κ2) is 8.98. The number of halogens is 3. The lowest BCUT2D eigenvalue weighted by Gasteiger charge is -2.23. The predicted octanol–water partition coefficient (Wildman–Crippen LogP) is 3.80. The van der Waals surface area contributed by atoms with Crippen LogP contribution in [0.1, 0.15) is 23.1 Å². The van der Waals surface area contributed by atoms with Gasteiger partial charge in [-0.2, -0.15) is 18.3 Å². The number of nitrogens with zero attached hydrogens (tertiary/aromatic N) is 4. The van der Waals surface area contributed by atoms with Crippen LogP contribution in [0.15, 0.2) is 42.7 Å². The van der Waals surface area contributed by atoms with E-state index in [0.29, 0.717) is 31.2 Å². The molecule has 11 heteroatoms. The molecule has 0 bridgehead atoms. The van der Waals surface area contributed by atoms with E-state index in [9.17, 15) is 18.0 Å². The Hall–Kier alpha value is -3.60. The Bertz CT molecular complexity index is 1180. The number of carbonyl (C=O) groups is 1. The summed E-state index contributed by atoms with van der Waals surface area (Å²) in [6.07, 6.45) is -1.20. The number of hydrogen-bond donors (Lipinski definition) is 2. The number of aromatic nitrogens is 3. The SMILES string of the molecule is O=C1NCc2cc(-c3n[nH]cc3CN3CCCN(c4ccc(C(F)(F)F)cn4)CC3)ccc2O1. The van der Waals surface area contributed by atoms with Crippen LogP contribution in [-0.4, -0.2) is 52.4 Å². The van der Waals surface area contributed by atoms with E-state index in [1.807, 2.05) is 23.2 Å². The quantitative estimate of drug-likeness (QED) is 0.601. The lowest BCUT2D eigenvalue weighted by Crippen LogP contribution is -2.31. The first-order valence-corrected chi connectivity index (χ1v) is 11.0. The number of pyridine rings is 1. The topological polar surface area (TPSA) is 86.4 Å². The van der Waals surface area contributed by atoms with Crippen LogP contribution in [0.4, 0.5) is 23.8 Å². The fourth-order valence-corrected chi connectivity index (χ4v) is 4.29. The summed E-state index contributed by atoms with van der Waals surface area (Å²) in [4.78, 5) is 19.8. The van der Waals surface area contributed by atoms with Gasteiger partial charge in [0.25, 0.3) is 0 Å². The normalized spacial score (nSPS) is 17.0. The molecule has 0 aliphatic carbocycles. The van der Waals surface area contributed by atoms with E-state index >= 15 is 0 Å². The van der Waals surface area contributed by atoms with Crippen LogP contribution in [0.2, 0.25) is 0 Å². The molecule has 0 unspecified atom stereocenters. The fourth-order valence-electron chi connectivity index (χ4n) is 4.29. The number of ether oxygens (including phenoxy) is 1. The minimum Gasteiger partial charge on any atom is -0.410 e. The second-order valence-corrected chi connectivity index (χ2v) is 8.34. The molecule has 1 saturated heterocycles. The predicted molar refractivity (Wildman–Crippen MR) is 118 cm³/mol. The van der Waals surface area contributed by atoms with E-state index in [-0.39, 0.29) is 0 Å². The molecule has 0 spiro atoms. The van der Waals surface area contributed by atoms with Crippen LogP contribution in [0, 0.1) is 0 Å². The molecule has 178 valence electrons. The summed E-state index contributed by atoms with van der Waals surface area (Å²) in [5.41, 5.74) is 2.96. The molecule has 1 amide bonds. The standard InChI is InChI=1S/C23H23F3N6O2/c24-23(25,26)18-3-5-20(27-13-18)32-7-1-6-31(8-9-32)14-17-12-29-30-21(17)15-2-4-19-16(10-15)11-28-22(33)34-19/h2-5,10,12-13H,1,6-9,11,14H2,(H,28,33)(H,29,30). The first-order valence-electron chi connectivity index (χ1n) is 11.0. The van der Waals surface area contributed by atoms with Gasteiger partial charge in [0.05, 0.1) is 11.3 Å². The van der Waals surface area contributed by atoms with Gasteiger partial charge >= 0.3 is 12.3 Å². The molecule has 5 rings (SSSR count). The van der Waals surface area contributed by atoms with E-state index in [2.05, 4.69) is 25.4 Å². The zero-order valence-corrected chi connectivity index (χ0v) is 18.2. The third-order valence-electron chi connectivity index (χ3n) is 6.06. The number of hydrogen-bond acceptors (Lipinski definition) is 6. The summed E-state index contributed by atoms with van der Waals surface area (Å²) in [6, 6.07) is 8.15. The number of alkyl halides is 3. The molecule has 2 N–H and O–H groups in total. The Kier molecular flexibility index (Phi) is 5.86. The molecule has 0 atom stereocenters. The Morgan fingerprint density at radius 1 is 1.09 bits per heavy atom. The molecule has 1 aromatic carbocycles. The van der Waals surface area contributed by atoms with Crippen molar-refractivity contribution in [2.75, 3.05) is 31.1 Å². The van der Waals surface area contributed by atoms with Gasteiger partial charge < -0.3 is 15.0 Å². The number of rotatable bonds is 4. The van der Waals surface area contributed by atoms with E-state index in [4.69, 9.17) is 4.74 Å². The lowest BCUT2D eigenvalue weighted by atomic mass is 10.0. The molecule has 2 aliphatic heterocycles. The van der Waals surface area contributed by atoms with Crippen molar-refractivity contribution >= 4 is 11.9 Å². The highest BCUT2D eigenvalue weighted by atomic mass is 19.4. The van der Waals surface area contributed by atoms with Crippen molar-refractivity contribution in [3.05, 3.63) is 59.4 Å². The summed E-state index contributed by atoms with van der Waals surface area (Å²) in [7, 11) is 0. The summed E-state index contributed by atoms with van der Waals surface area (Å²) in [5, 5.41) is 10.1. The maximum absolute atomic E-state index is 12.8. The van der Waals surface area contributed by atoms with Gasteiger partial charge in [-0.05, 0) is 36.8 Å². The molecule has 2 aliphatic rings. The van der Waals surface area contributed by atoms with E-state index in [1.54, 1.807) is 6.07 Å². The molecule has 8 nitrogen and oxygen atoms in total. The number of amides is 1. The Labute approximate surface area is 193 Å². The number of nitrogens with one attached hydrogen (secondary N) is 2. The molecule has 34 heavy (non-hydrogen) atoms. The van der Waals surface area contributed by atoms with Crippen LogP contribution >= 0.6 is 0 Å². The van der Waals surface area contributed by atoms with Crippen LogP contribution in [0.25, 0.3) is 11.3 Å². The lowest BCUT2D eigenvalue weighted by molar-refractivity contribution is -0.137. The van der Waals surface area contributed by atoms with E-state index in [0.717, 1.165) is 60.7 Å². The van der Waals surface area contributed by atoms with Crippen molar-refractivity contribution in [3.63, 3.8) is 0 Å². The van der Waals surface area contributed by atoms with Gasteiger partial charge in [0.2, 0.25) is 0 Å². The zero-order valence-electron chi connectivity index (χ0n) is 18.2. The monoisotopic (exact) mass is 472 g/mol. The second-order valence-electron chi connectivity index (χ2n) is 8.34. The highest BCUT2D eigenvalue weighted by Crippen LogP contribution is 2.31. The Morgan fingerprint density at radius 2 is 1.97 bits per heavy atom. The molecule has 0 radical (unpaired) electrons. The molecule has 0 saturated carbocycles. The summed E-state index contributed by atoms with van der Waals surface area (Å²) in [6.45, 7) is 4.08. The highest BCUT2D eigenvalue weighted by Gasteiger charge is 2.31. The highest BCUT2D eigenvalue weighted by molar-refractivity contribution is 5.74. The molecule has 4 heterocycles. The molecule has 3 aromatic rings. The largest absolute Gasteiger partial charge is 0.417 e. The molecule has 1 fully saturated rings.